The Bertz CT molecular complexity index is 493. The average molecular weight is 286 g/mol. The lowest BCUT2D eigenvalue weighted by Crippen LogP contribution is -2.46. The van der Waals surface area contributed by atoms with Gasteiger partial charge in [-0.05, 0) is 17.5 Å². The summed E-state index contributed by atoms with van der Waals surface area (Å²) < 4.78 is 0. The van der Waals surface area contributed by atoms with Crippen molar-refractivity contribution in [3.8, 4) is 11.8 Å². The molecule has 0 atom stereocenters. The Morgan fingerprint density at radius 3 is 2.43 bits per heavy atom. The zero-order valence-corrected chi connectivity index (χ0v) is 13.2. The number of hydrogen-bond donors (Lipinski definition) is 1. The van der Waals surface area contributed by atoms with Crippen LogP contribution in [-0.4, -0.2) is 54.2 Å². The van der Waals surface area contributed by atoms with Crippen LogP contribution in [0.3, 0.4) is 0 Å². The van der Waals surface area contributed by atoms with Gasteiger partial charge in [-0.1, -0.05) is 43.9 Å². The smallest absolute Gasteiger partial charge is 0.104 e. The van der Waals surface area contributed by atoms with Crippen LogP contribution in [0.2, 0.25) is 0 Å². The lowest BCUT2D eigenvalue weighted by atomic mass is 10.1. The Hall–Kier alpha value is -1.34. The number of nitrogens with zero attached hydrogens (tertiary/aromatic N) is 2. The molecule has 0 radical (unpaired) electrons. The molecule has 2 rings (SSSR count). The summed E-state index contributed by atoms with van der Waals surface area (Å²) in [6.45, 7) is 11.2. The van der Waals surface area contributed by atoms with Crippen LogP contribution in [0.15, 0.2) is 24.3 Å². The first-order chi connectivity index (χ1) is 10.2. The highest BCUT2D eigenvalue weighted by Crippen LogP contribution is 2.13. The van der Waals surface area contributed by atoms with Crippen LogP contribution in [0.25, 0.3) is 0 Å². The Morgan fingerprint density at radius 2 is 1.76 bits per heavy atom. The van der Waals surface area contributed by atoms with Crippen LogP contribution in [0.1, 0.15) is 25.0 Å². The third-order valence-corrected chi connectivity index (χ3v) is 3.80. The summed E-state index contributed by atoms with van der Waals surface area (Å²) in [5.41, 5.74) is 2.30. The van der Waals surface area contributed by atoms with Gasteiger partial charge in [0, 0.05) is 44.8 Å². The number of piperazine rings is 1. The molecule has 1 aliphatic rings. The number of rotatable bonds is 4. The zero-order valence-electron chi connectivity index (χ0n) is 13.2. The first-order valence-corrected chi connectivity index (χ1v) is 7.81. The average Bonchev–Trinajstić information content (AvgIpc) is 2.48. The van der Waals surface area contributed by atoms with Crippen molar-refractivity contribution in [2.75, 3.05) is 39.3 Å². The third kappa shape index (κ3) is 5.17. The Kier molecular flexibility index (Phi) is 6.25. The highest BCUT2D eigenvalue weighted by atomic mass is 16.2. The van der Waals surface area contributed by atoms with E-state index >= 15 is 0 Å². The van der Waals surface area contributed by atoms with Gasteiger partial charge >= 0.3 is 0 Å². The monoisotopic (exact) mass is 286 g/mol. The van der Waals surface area contributed by atoms with Crippen LogP contribution in [0.5, 0.6) is 0 Å². The molecule has 0 amide bonds. The van der Waals surface area contributed by atoms with E-state index in [9.17, 15) is 0 Å². The zero-order chi connectivity index (χ0) is 15.1. The van der Waals surface area contributed by atoms with E-state index < -0.39 is 0 Å². The van der Waals surface area contributed by atoms with E-state index in [0.29, 0.717) is 0 Å². The van der Waals surface area contributed by atoms with E-state index in [4.69, 9.17) is 5.11 Å². The minimum absolute atomic E-state index is 0.0811. The van der Waals surface area contributed by atoms with E-state index in [-0.39, 0.29) is 6.61 Å². The lowest BCUT2D eigenvalue weighted by molar-refractivity contribution is 0.117. The van der Waals surface area contributed by atoms with Crippen molar-refractivity contribution in [3.63, 3.8) is 0 Å². The Labute approximate surface area is 128 Å². The highest BCUT2D eigenvalue weighted by molar-refractivity contribution is 5.41. The molecule has 1 heterocycles. The molecule has 1 aliphatic heterocycles. The van der Waals surface area contributed by atoms with Crippen molar-refractivity contribution in [2.45, 2.75) is 20.4 Å². The standard InChI is InChI=1S/C18H26N2O/c1-16(2)14-19-9-11-20(12-10-19)15-18-7-4-3-6-17(18)8-5-13-21/h3-4,6-7,16,21H,9-15H2,1-2H3. The van der Waals surface area contributed by atoms with Gasteiger partial charge in [0.2, 0.25) is 0 Å². The maximum absolute atomic E-state index is 8.85. The van der Waals surface area contributed by atoms with Crippen LogP contribution < -0.4 is 0 Å². The van der Waals surface area contributed by atoms with Gasteiger partial charge in [0.15, 0.2) is 0 Å². The molecule has 0 bridgehead atoms. The van der Waals surface area contributed by atoms with Gasteiger partial charge < -0.3 is 10.0 Å². The predicted octanol–water partition coefficient (Wildman–Crippen LogP) is 1.80. The molecule has 0 unspecified atom stereocenters. The van der Waals surface area contributed by atoms with Gasteiger partial charge in [-0.15, -0.1) is 0 Å². The van der Waals surface area contributed by atoms with Gasteiger partial charge in [-0.3, -0.25) is 4.90 Å². The number of benzene rings is 1. The molecule has 1 aromatic carbocycles. The Morgan fingerprint density at radius 1 is 1.10 bits per heavy atom. The predicted molar refractivity (Wildman–Crippen MR) is 87.0 cm³/mol. The number of hydrogen-bond acceptors (Lipinski definition) is 3. The molecule has 1 saturated heterocycles. The topological polar surface area (TPSA) is 26.7 Å². The second kappa shape index (κ2) is 8.19. The summed E-state index contributed by atoms with van der Waals surface area (Å²) in [5, 5.41) is 8.85. The maximum Gasteiger partial charge on any atom is 0.104 e. The summed E-state index contributed by atoms with van der Waals surface area (Å²) in [6.07, 6.45) is 0. The molecule has 1 fully saturated rings. The molecule has 1 N–H and O–H groups in total. The van der Waals surface area contributed by atoms with E-state index in [0.717, 1.165) is 44.2 Å². The largest absolute Gasteiger partial charge is 0.384 e. The first kappa shape index (κ1) is 16.0. The molecule has 0 saturated carbocycles. The number of aliphatic hydroxyl groups excluding tert-OH is 1. The van der Waals surface area contributed by atoms with E-state index in [1.54, 1.807) is 0 Å². The van der Waals surface area contributed by atoms with Crippen LogP contribution in [-0.2, 0) is 6.54 Å². The maximum atomic E-state index is 8.85. The van der Waals surface area contributed by atoms with Crippen molar-refractivity contribution in [1.29, 1.82) is 0 Å². The van der Waals surface area contributed by atoms with Crippen LogP contribution >= 0.6 is 0 Å². The quantitative estimate of drug-likeness (QED) is 0.855. The molecule has 0 spiro atoms. The lowest BCUT2D eigenvalue weighted by Gasteiger charge is -2.35. The molecule has 3 heteroatoms. The molecular weight excluding hydrogens is 260 g/mol. The molecule has 1 aromatic rings. The fourth-order valence-electron chi connectivity index (χ4n) is 2.80. The van der Waals surface area contributed by atoms with E-state index in [2.05, 4.69) is 47.6 Å². The summed E-state index contributed by atoms with van der Waals surface area (Å²) in [7, 11) is 0. The van der Waals surface area contributed by atoms with Crippen LogP contribution in [0.4, 0.5) is 0 Å². The van der Waals surface area contributed by atoms with Crippen molar-refractivity contribution in [3.05, 3.63) is 35.4 Å². The van der Waals surface area contributed by atoms with Gasteiger partial charge in [0.1, 0.15) is 6.61 Å². The molecule has 3 nitrogen and oxygen atoms in total. The minimum atomic E-state index is -0.0811. The minimum Gasteiger partial charge on any atom is -0.384 e. The Balaban J connectivity index is 1.92. The van der Waals surface area contributed by atoms with Gasteiger partial charge in [-0.2, -0.15) is 0 Å². The second-order valence-electron chi connectivity index (χ2n) is 6.09. The SMILES string of the molecule is CC(C)CN1CCN(Cc2ccccc2C#CCO)CC1. The van der Waals surface area contributed by atoms with Crippen LogP contribution in [0, 0.1) is 17.8 Å². The molecular formula is C18H26N2O. The fourth-order valence-corrected chi connectivity index (χ4v) is 2.80. The molecule has 0 aliphatic carbocycles. The van der Waals surface area contributed by atoms with Crippen molar-refractivity contribution in [1.82, 2.24) is 9.80 Å². The second-order valence-corrected chi connectivity index (χ2v) is 6.09. The van der Waals surface area contributed by atoms with Crippen molar-refractivity contribution < 1.29 is 5.11 Å². The van der Waals surface area contributed by atoms with Crippen molar-refractivity contribution >= 4 is 0 Å². The molecule has 21 heavy (non-hydrogen) atoms. The molecule has 114 valence electrons. The number of aliphatic hydroxyl groups is 1. The van der Waals surface area contributed by atoms with Gasteiger partial charge in [0.25, 0.3) is 0 Å². The summed E-state index contributed by atoms with van der Waals surface area (Å²) in [6, 6.07) is 8.24. The fraction of sp³-hybridized carbons (Fsp3) is 0.556. The third-order valence-electron chi connectivity index (χ3n) is 3.80. The summed E-state index contributed by atoms with van der Waals surface area (Å²) in [4.78, 5) is 5.05. The summed E-state index contributed by atoms with van der Waals surface area (Å²) in [5.74, 6) is 6.54. The van der Waals surface area contributed by atoms with Crippen molar-refractivity contribution in [2.24, 2.45) is 5.92 Å². The highest BCUT2D eigenvalue weighted by Gasteiger charge is 2.17. The van der Waals surface area contributed by atoms with E-state index in [1.165, 1.54) is 12.1 Å². The normalized spacial score (nSPS) is 16.8. The van der Waals surface area contributed by atoms with Gasteiger partial charge in [-0.25, -0.2) is 0 Å². The van der Waals surface area contributed by atoms with E-state index in [1.807, 2.05) is 12.1 Å². The van der Waals surface area contributed by atoms with Gasteiger partial charge in [0.05, 0.1) is 0 Å². The first-order valence-electron chi connectivity index (χ1n) is 7.81. The molecule has 0 aromatic heterocycles. The summed E-state index contributed by atoms with van der Waals surface area (Å²) >= 11 is 0.